The molecule has 0 radical (unpaired) electrons. The third kappa shape index (κ3) is 4.52. The lowest BCUT2D eigenvalue weighted by molar-refractivity contribution is 0.169. The number of aromatic amines is 1. The lowest BCUT2D eigenvalue weighted by Gasteiger charge is -2.17. The minimum absolute atomic E-state index is 0.271. The van der Waals surface area contributed by atoms with E-state index in [1.54, 1.807) is 6.20 Å². The first-order valence-electron chi connectivity index (χ1n) is 5.00. The molecule has 5 heteroatoms. The Hall–Kier alpha value is -0.683. The maximum absolute atomic E-state index is 9.72. The maximum Gasteiger partial charge on any atom is 0.0850 e. The molecule has 80 valence electrons. The van der Waals surface area contributed by atoms with Gasteiger partial charge < -0.3 is 5.11 Å². The van der Waals surface area contributed by atoms with Crippen LogP contribution in [0.1, 0.15) is 12.1 Å². The number of aliphatic hydroxyl groups is 1. The van der Waals surface area contributed by atoms with Crippen LogP contribution in [0.3, 0.4) is 0 Å². The van der Waals surface area contributed by atoms with E-state index in [1.807, 2.05) is 0 Å². The largest absolute Gasteiger partial charge is 0.393 e. The van der Waals surface area contributed by atoms with Gasteiger partial charge in [-0.15, -0.1) is 0 Å². The first kappa shape index (κ1) is 11.4. The summed E-state index contributed by atoms with van der Waals surface area (Å²) in [7, 11) is -1.02. The molecule has 1 aromatic heterocycles. The predicted molar refractivity (Wildman–Crippen MR) is 58.9 cm³/mol. The monoisotopic (exact) mass is 213 g/mol. The van der Waals surface area contributed by atoms with E-state index in [-0.39, 0.29) is 6.10 Å². The van der Waals surface area contributed by atoms with Crippen molar-refractivity contribution in [1.82, 2.24) is 15.4 Å². The van der Waals surface area contributed by atoms with E-state index in [9.17, 15) is 5.11 Å². The van der Waals surface area contributed by atoms with Gasteiger partial charge in [0.25, 0.3) is 0 Å². The molecule has 0 amide bonds. The highest BCUT2D eigenvalue weighted by Gasteiger charge is 2.16. The second-order valence-electron chi connectivity index (χ2n) is 4.92. The number of aromatic nitrogens is 3. The third-order valence-corrected chi connectivity index (χ3v) is 3.93. The molecule has 14 heavy (non-hydrogen) atoms. The average Bonchev–Trinajstić information content (AvgIpc) is 2.52. The van der Waals surface area contributed by atoms with Crippen LogP contribution in [0.25, 0.3) is 0 Å². The van der Waals surface area contributed by atoms with Crippen molar-refractivity contribution in [3.63, 3.8) is 0 Å². The fourth-order valence-electron chi connectivity index (χ4n) is 1.27. The van der Waals surface area contributed by atoms with Crippen molar-refractivity contribution in [2.75, 3.05) is 0 Å². The average molecular weight is 213 g/mol. The van der Waals surface area contributed by atoms with Crippen LogP contribution in [0.4, 0.5) is 0 Å². The maximum atomic E-state index is 9.72. The molecule has 1 heterocycles. The van der Waals surface area contributed by atoms with E-state index in [1.165, 1.54) is 0 Å². The van der Waals surface area contributed by atoms with E-state index in [0.29, 0.717) is 6.42 Å². The van der Waals surface area contributed by atoms with Crippen molar-refractivity contribution in [2.24, 2.45) is 0 Å². The van der Waals surface area contributed by atoms with Gasteiger partial charge in [-0.05, 0) is 6.42 Å². The van der Waals surface area contributed by atoms with Gasteiger partial charge in [-0.3, -0.25) is 0 Å². The van der Waals surface area contributed by atoms with Crippen molar-refractivity contribution in [2.45, 2.75) is 44.6 Å². The molecule has 1 unspecified atom stereocenters. The summed E-state index contributed by atoms with van der Waals surface area (Å²) < 4.78 is 0. The van der Waals surface area contributed by atoms with Gasteiger partial charge in [0.1, 0.15) is 0 Å². The van der Waals surface area contributed by atoms with Crippen LogP contribution in [-0.2, 0) is 6.42 Å². The van der Waals surface area contributed by atoms with Gasteiger partial charge in [-0.25, -0.2) is 0 Å². The zero-order valence-electron chi connectivity index (χ0n) is 9.12. The molecule has 0 aliphatic carbocycles. The minimum atomic E-state index is -1.02. The smallest absolute Gasteiger partial charge is 0.0850 e. The van der Waals surface area contributed by atoms with Crippen LogP contribution < -0.4 is 0 Å². The molecule has 0 saturated heterocycles. The Labute approximate surface area is 85.7 Å². The van der Waals surface area contributed by atoms with Crippen molar-refractivity contribution < 1.29 is 5.11 Å². The quantitative estimate of drug-likeness (QED) is 0.727. The van der Waals surface area contributed by atoms with E-state index in [4.69, 9.17) is 0 Å². The van der Waals surface area contributed by atoms with Gasteiger partial charge in [-0.2, -0.15) is 15.4 Å². The van der Waals surface area contributed by atoms with Crippen LogP contribution in [-0.4, -0.2) is 34.7 Å². The molecular formula is C9H19N3OSi. The summed E-state index contributed by atoms with van der Waals surface area (Å²) in [5.74, 6) is 0. The van der Waals surface area contributed by atoms with Gasteiger partial charge in [0.2, 0.25) is 0 Å². The van der Waals surface area contributed by atoms with Crippen LogP contribution in [0.15, 0.2) is 6.20 Å². The van der Waals surface area contributed by atoms with Crippen LogP contribution in [0.2, 0.25) is 25.7 Å². The van der Waals surface area contributed by atoms with E-state index < -0.39 is 8.07 Å². The van der Waals surface area contributed by atoms with Crippen molar-refractivity contribution in [3.05, 3.63) is 11.9 Å². The minimum Gasteiger partial charge on any atom is -0.393 e. The Morgan fingerprint density at radius 1 is 1.50 bits per heavy atom. The molecule has 0 bridgehead atoms. The van der Waals surface area contributed by atoms with Crippen molar-refractivity contribution >= 4 is 8.07 Å². The lowest BCUT2D eigenvalue weighted by Crippen LogP contribution is -2.23. The van der Waals surface area contributed by atoms with Crippen LogP contribution >= 0.6 is 0 Å². The fourth-order valence-corrected chi connectivity index (χ4v) is 2.47. The summed E-state index contributed by atoms with van der Waals surface area (Å²) in [4.78, 5) is 0. The van der Waals surface area contributed by atoms with Crippen LogP contribution in [0.5, 0.6) is 0 Å². The van der Waals surface area contributed by atoms with Gasteiger partial charge >= 0.3 is 0 Å². The third-order valence-electron chi connectivity index (χ3n) is 2.14. The second-order valence-corrected chi connectivity index (χ2v) is 10.5. The Bertz CT molecular complexity index is 256. The summed E-state index contributed by atoms with van der Waals surface area (Å²) in [6.07, 6.45) is 2.88. The van der Waals surface area contributed by atoms with Crippen molar-refractivity contribution in [3.8, 4) is 0 Å². The number of nitrogens with one attached hydrogen (secondary N) is 1. The molecule has 0 fully saturated rings. The standard InChI is InChI=1S/C9H19N3OSi/c1-14(2,3)5-4-9(13)6-8-7-10-12-11-8/h7,9,13H,4-6H2,1-3H3,(H,10,11,12). The van der Waals surface area contributed by atoms with Crippen molar-refractivity contribution in [1.29, 1.82) is 0 Å². The Kier molecular flexibility index (Phi) is 3.83. The number of rotatable bonds is 5. The molecule has 0 saturated carbocycles. The highest BCUT2D eigenvalue weighted by Crippen LogP contribution is 2.14. The predicted octanol–water partition coefficient (Wildman–Crippen LogP) is 1.44. The molecular weight excluding hydrogens is 194 g/mol. The topological polar surface area (TPSA) is 61.8 Å². The number of hydrogen-bond donors (Lipinski definition) is 2. The zero-order chi connectivity index (χ0) is 10.6. The zero-order valence-corrected chi connectivity index (χ0v) is 10.1. The highest BCUT2D eigenvalue weighted by molar-refractivity contribution is 6.76. The van der Waals surface area contributed by atoms with Gasteiger partial charge in [0.15, 0.2) is 0 Å². The number of nitrogens with zero attached hydrogens (tertiary/aromatic N) is 2. The molecule has 1 aromatic rings. The molecule has 2 N–H and O–H groups in total. The number of aliphatic hydroxyl groups excluding tert-OH is 1. The Morgan fingerprint density at radius 3 is 2.71 bits per heavy atom. The first-order valence-corrected chi connectivity index (χ1v) is 8.71. The summed E-state index contributed by atoms with van der Waals surface area (Å²) in [5, 5.41) is 19.9. The number of hydrogen-bond acceptors (Lipinski definition) is 3. The number of H-pyrrole nitrogens is 1. The highest BCUT2D eigenvalue weighted by atomic mass is 28.3. The molecule has 0 aliphatic rings. The van der Waals surface area contributed by atoms with Gasteiger partial charge in [0, 0.05) is 14.5 Å². The Balaban J connectivity index is 2.26. The van der Waals surface area contributed by atoms with E-state index >= 15 is 0 Å². The van der Waals surface area contributed by atoms with Gasteiger partial charge in [0.05, 0.1) is 18.0 Å². The van der Waals surface area contributed by atoms with E-state index in [2.05, 4.69) is 35.1 Å². The summed E-state index contributed by atoms with van der Waals surface area (Å²) >= 11 is 0. The SMILES string of the molecule is C[Si](C)(C)CCC(O)Cc1cn[nH]n1. The van der Waals surface area contributed by atoms with Gasteiger partial charge in [-0.1, -0.05) is 25.7 Å². The fraction of sp³-hybridized carbons (Fsp3) is 0.778. The summed E-state index contributed by atoms with van der Waals surface area (Å²) in [6.45, 7) is 6.95. The first-order chi connectivity index (χ1) is 6.47. The summed E-state index contributed by atoms with van der Waals surface area (Å²) in [5.41, 5.74) is 0.841. The molecule has 1 atom stereocenters. The summed E-state index contributed by atoms with van der Waals surface area (Å²) in [6, 6.07) is 1.16. The second kappa shape index (κ2) is 4.70. The van der Waals surface area contributed by atoms with E-state index in [0.717, 1.165) is 18.2 Å². The molecule has 0 aromatic carbocycles. The lowest BCUT2D eigenvalue weighted by atomic mass is 10.2. The molecule has 1 rings (SSSR count). The molecule has 0 aliphatic heterocycles. The Morgan fingerprint density at radius 2 is 2.21 bits per heavy atom. The normalized spacial score (nSPS) is 14.3. The molecule has 0 spiro atoms. The van der Waals surface area contributed by atoms with Crippen LogP contribution in [0, 0.1) is 0 Å². The molecule has 4 nitrogen and oxygen atoms in total.